The first-order valence-corrected chi connectivity index (χ1v) is 8.12. The summed E-state index contributed by atoms with van der Waals surface area (Å²) in [5.41, 5.74) is 2.92. The maximum absolute atomic E-state index is 12.6. The van der Waals surface area contributed by atoms with Gasteiger partial charge in [0.1, 0.15) is 0 Å². The quantitative estimate of drug-likeness (QED) is 0.587. The van der Waals surface area contributed by atoms with Crippen LogP contribution in [-0.4, -0.2) is 10.9 Å². The highest BCUT2D eigenvalue weighted by Crippen LogP contribution is 2.24. The number of hydrogen-bond donors (Lipinski definition) is 1. The Morgan fingerprint density at radius 3 is 2.82 bits per heavy atom. The van der Waals surface area contributed by atoms with E-state index in [0.717, 1.165) is 20.2 Å². The number of hydrogen-bond acceptors (Lipinski definition) is 2. The molecule has 0 aliphatic carbocycles. The second kappa shape index (κ2) is 6.22. The van der Waals surface area contributed by atoms with E-state index in [0.29, 0.717) is 16.1 Å². The number of carbonyl (C=O) groups excluding carboxylic acids is 1. The molecule has 0 aliphatic heterocycles. The van der Waals surface area contributed by atoms with E-state index in [1.807, 2.05) is 37.3 Å². The highest BCUT2D eigenvalue weighted by Gasteiger charge is 2.13. The summed E-state index contributed by atoms with van der Waals surface area (Å²) < 4.78 is 1.13. The van der Waals surface area contributed by atoms with Crippen LogP contribution in [0.3, 0.4) is 0 Å². The zero-order valence-corrected chi connectivity index (χ0v) is 14.6. The van der Waals surface area contributed by atoms with Crippen LogP contribution >= 0.6 is 34.2 Å². The number of halogens is 2. The lowest BCUT2D eigenvalue weighted by Crippen LogP contribution is -2.13. The Morgan fingerprint density at radius 1 is 1.23 bits per heavy atom. The number of nitrogens with zero attached hydrogens (tertiary/aromatic N) is 1. The molecule has 1 amide bonds. The third-order valence-corrected chi connectivity index (χ3v) is 4.24. The molecule has 5 heteroatoms. The van der Waals surface area contributed by atoms with Crippen molar-refractivity contribution in [3.8, 4) is 0 Å². The van der Waals surface area contributed by atoms with Crippen molar-refractivity contribution in [3.05, 3.63) is 68.4 Å². The van der Waals surface area contributed by atoms with Gasteiger partial charge in [-0.05, 0) is 71.5 Å². The Labute approximate surface area is 146 Å². The molecule has 0 unspecified atom stereocenters. The maximum atomic E-state index is 12.6. The van der Waals surface area contributed by atoms with Gasteiger partial charge in [-0.25, -0.2) is 0 Å². The molecule has 0 saturated heterocycles. The first-order valence-electron chi connectivity index (χ1n) is 6.66. The highest BCUT2D eigenvalue weighted by atomic mass is 127. The Balaban J connectivity index is 2.02. The molecule has 0 fully saturated rings. The second-order valence-electron chi connectivity index (χ2n) is 4.94. The first-order chi connectivity index (χ1) is 10.5. The number of rotatable bonds is 2. The molecule has 3 aromatic rings. The van der Waals surface area contributed by atoms with Gasteiger partial charge in [0.05, 0.1) is 11.1 Å². The molecule has 3 rings (SSSR count). The summed E-state index contributed by atoms with van der Waals surface area (Å²) in [7, 11) is 0. The summed E-state index contributed by atoms with van der Waals surface area (Å²) in [4.78, 5) is 16.9. The fraction of sp³-hybridized carbons (Fsp3) is 0.0588. The van der Waals surface area contributed by atoms with Crippen molar-refractivity contribution >= 4 is 56.7 Å². The van der Waals surface area contributed by atoms with Crippen LogP contribution in [0.15, 0.2) is 48.7 Å². The molecule has 1 heterocycles. The molecule has 0 bridgehead atoms. The number of amides is 1. The topological polar surface area (TPSA) is 42.0 Å². The van der Waals surface area contributed by atoms with Crippen LogP contribution in [0.4, 0.5) is 5.69 Å². The van der Waals surface area contributed by atoms with Crippen molar-refractivity contribution in [2.45, 2.75) is 6.92 Å². The Hall–Kier alpha value is -1.66. The maximum Gasteiger partial charge on any atom is 0.257 e. The third-order valence-electron chi connectivity index (χ3n) is 3.35. The molecule has 2 aromatic carbocycles. The van der Waals surface area contributed by atoms with Gasteiger partial charge in [-0.15, -0.1) is 0 Å². The Morgan fingerprint density at radius 2 is 2.05 bits per heavy atom. The van der Waals surface area contributed by atoms with Gasteiger partial charge in [0.2, 0.25) is 0 Å². The average Bonchev–Trinajstić information content (AvgIpc) is 2.49. The van der Waals surface area contributed by atoms with Crippen molar-refractivity contribution in [1.82, 2.24) is 4.98 Å². The van der Waals surface area contributed by atoms with Crippen molar-refractivity contribution < 1.29 is 4.79 Å². The van der Waals surface area contributed by atoms with E-state index in [1.54, 1.807) is 18.3 Å². The number of fused-ring (bicyclic) bond motifs is 1. The van der Waals surface area contributed by atoms with Gasteiger partial charge in [-0.3, -0.25) is 9.78 Å². The lowest BCUT2D eigenvalue weighted by molar-refractivity contribution is 0.102. The van der Waals surface area contributed by atoms with Crippen LogP contribution in [0.2, 0.25) is 5.02 Å². The van der Waals surface area contributed by atoms with E-state index >= 15 is 0 Å². The van der Waals surface area contributed by atoms with Gasteiger partial charge in [0, 0.05) is 25.9 Å². The molecule has 0 spiro atoms. The molecule has 0 radical (unpaired) electrons. The van der Waals surface area contributed by atoms with E-state index in [-0.39, 0.29) is 5.91 Å². The number of benzene rings is 2. The number of pyridine rings is 1. The van der Waals surface area contributed by atoms with Gasteiger partial charge >= 0.3 is 0 Å². The predicted octanol–water partition coefficient (Wildman–Crippen LogP) is 5.05. The lowest BCUT2D eigenvalue weighted by atomic mass is 10.1. The van der Waals surface area contributed by atoms with Gasteiger partial charge in [0.25, 0.3) is 5.91 Å². The van der Waals surface area contributed by atoms with Crippen LogP contribution < -0.4 is 5.32 Å². The minimum Gasteiger partial charge on any atom is -0.322 e. The van der Waals surface area contributed by atoms with Crippen LogP contribution in [0.5, 0.6) is 0 Å². The van der Waals surface area contributed by atoms with Crippen molar-refractivity contribution in [2.75, 3.05) is 5.32 Å². The second-order valence-corrected chi connectivity index (χ2v) is 6.62. The summed E-state index contributed by atoms with van der Waals surface area (Å²) in [6.07, 6.45) is 1.67. The Kier molecular flexibility index (Phi) is 4.31. The molecule has 0 atom stereocenters. The molecule has 22 heavy (non-hydrogen) atoms. The highest BCUT2D eigenvalue weighted by molar-refractivity contribution is 14.1. The standard InChI is InChI=1S/C17H12ClIN2O/c1-10-7-13(19)4-5-15(10)21-17(22)14-9-12(18)8-11-3-2-6-20-16(11)14/h2-9H,1H3,(H,21,22). The van der Waals surface area contributed by atoms with E-state index in [4.69, 9.17) is 11.6 Å². The molecule has 0 saturated carbocycles. The summed E-state index contributed by atoms with van der Waals surface area (Å²) in [5.74, 6) is -0.212. The summed E-state index contributed by atoms with van der Waals surface area (Å²) in [6, 6.07) is 13.0. The Bertz CT molecular complexity index is 880. The van der Waals surface area contributed by atoms with E-state index in [9.17, 15) is 4.79 Å². The normalized spacial score (nSPS) is 10.7. The van der Waals surface area contributed by atoms with E-state index in [2.05, 4.69) is 32.9 Å². The molecular weight excluding hydrogens is 411 g/mol. The van der Waals surface area contributed by atoms with Crippen molar-refractivity contribution in [3.63, 3.8) is 0 Å². The smallest absolute Gasteiger partial charge is 0.257 e. The van der Waals surface area contributed by atoms with Gasteiger partial charge in [-0.2, -0.15) is 0 Å². The van der Waals surface area contributed by atoms with Crippen molar-refractivity contribution in [2.24, 2.45) is 0 Å². The first kappa shape index (κ1) is 15.2. The molecule has 1 N–H and O–H groups in total. The van der Waals surface area contributed by atoms with Gasteiger partial charge < -0.3 is 5.32 Å². The van der Waals surface area contributed by atoms with E-state index < -0.39 is 0 Å². The monoisotopic (exact) mass is 422 g/mol. The third kappa shape index (κ3) is 3.08. The van der Waals surface area contributed by atoms with Gasteiger partial charge in [0.15, 0.2) is 0 Å². The van der Waals surface area contributed by atoms with Crippen molar-refractivity contribution in [1.29, 1.82) is 0 Å². The van der Waals surface area contributed by atoms with Gasteiger partial charge in [-0.1, -0.05) is 17.7 Å². The molecule has 3 nitrogen and oxygen atoms in total. The number of carbonyl (C=O) groups is 1. The minimum atomic E-state index is -0.212. The number of nitrogens with one attached hydrogen (secondary N) is 1. The molecular formula is C17H12ClIN2O. The summed E-state index contributed by atoms with van der Waals surface area (Å²) in [5, 5.41) is 4.30. The fourth-order valence-electron chi connectivity index (χ4n) is 2.29. The number of aromatic nitrogens is 1. The van der Waals surface area contributed by atoms with Crippen LogP contribution in [0.1, 0.15) is 15.9 Å². The largest absolute Gasteiger partial charge is 0.322 e. The lowest BCUT2D eigenvalue weighted by Gasteiger charge is -2.10. The molecule has 0 aliphatic rings. The summed E-state index contributed by atoms with van der Waals surface area (Å²) >= 11 is 8.36. The zero-order valence-electron chi connectivity index (χ0n) is 11.7. The van der Waals surface area contributed by atoms with Crippen LogP contribution in [-0.2, 0) is 0 Å². The SMILES string of the molecule is Cc1cc(I)ccc1NC(=O)c1cc(Cl)cc2cccnc12. The fourth-order valence-corrected chi connectivity index (χ4v) is 3.16. The average molecular weight is 423 g/mol. The zero-order chi connectivity index (χ0) is 15.7. The number of aryl methyl sites for hydroxylation is 1. The molecule has 1 aromatic heterocycles. The van der Waals surface area contributed by atoms with E-state index in [1.165, 1.54) is 0 Å². The summed E-state index contributed by atoms with van der Waals surface area (Å²) in [6.45, 7) is 1.96. The van der Waals surface area contributed by atoms with Crippen LogP contribution in [0.25, 0.3) is 10.9 Å². The predicted molar refractivity (Wildman–Crippen MR) is 98.6 cm³/mol. The number of anilines is 1. The van der Waals surface area contributed by atoms with Crippen LogP contribution in [0, 0.1) is 10.5 Å². The molecule has 110 valence electrons. The minimum absolute atomic E-state index is 0.212.